The van der Waals surface area contributed by atoms with Crippen LogP contribution in [0.1, 0.15) is 20.3 Å². The van der Waals surface area contributed by atoms with Crippen LogP contribution in [-0.4, -0.2) is 69.0 Å². The van der Waals surface area contributed by atoms with Gasteiger partial charge in [0.25, 0.3) is 0 Å². The molecule has 8 heteroatoms. The number of ether oxygens (including phenoxy) is 1. The van der Waals surface area contributed by atoms with Crippen LogP contribution in [0.25, 0.3) is 0 Å². The molecule has 1 heterocycles. The summed E-state index contributed by atoms with van der Waals surface area (Å²) in [6.07, 6.45) is -3.46. The fraction of sp³-hybridized carbons (Fsp3) is 0.923. The highest BCUT2D eigenvalue weighted by Crippen LogP contribution is 2.19. The number of aliphatic imine (C=N–C) groups is 1. The van der Waals surface area contributed by atoms with Crippen molar-refractivity contribution in [2.45, 2.75) is 38.5 Å². The first-order chi connectivity index (χ1) is 9.84. The third-order valence-corrected chi connectivity index (χ3v) is 3.13. The van der Waals surface area contributed by atoms with E-state index >= 15 is 0 Å². The Balaban J connectivity index is 2.44. The maximum absolute atomic E-state index is 12.4. The van der Waals surface area contributed by atoms with Gasteiger partial charge in [-0.25, -0.2) is 0 Å². The molecule has 0 spiro atoms. The highest BCUT2D eigenvalue weighted by Gasteiger charge is 2.34. The molecule has 0 aromatic heterocycles. The zero-order chi connectivity index (χ0) is 15.9. The predicted molar refractivity (Wildman–Crippen MR) is 76.5 cm³/mol. The number of methoxy groups -OCH3 is 1. The van der Waals surface area contributed by atoms with E-state index in [0.717, 1.165) is 0 Å². The lowest BCUT2D eigenvalue weighted by Crippen LogP contribution is -2.49. The van der Waals surface area contributed by atoms with Crippen LogP contribution in [0.4, 0.5) is 13.2 Å². The van der Waals surface area contributed by atoms with E-state index in [1.807, 2.05) is 13.8 Å². The molecule has 124 valence electrons. The molecule has 0 saturated carbocycles. The molecule has 21 heavy (non-hydrogen) atoms. The Labute approximate surface area is 123 Å². The molecule has 2 N–H and O–H groups in total. The topological polar surface area (TPSA) is 48.9 Å². The van der Waals surface area contributed by atoms with Crippen molar-refractivity contribution in [3.8, 4) is 0 Å². The first-order valence-electron chi connectivity index (χ1n) is 7.19. The van der Waals surface area contributed by atoms with Crippen molar-refractivity contribution < 1.29 is 17.9 Å². The SMILES string of the molecule is CCN=C(NC(C)COC)NC1CCN(CC(F)(F)F)C1. The number of hydrogen-bond donors (Lipinski definition) is 2. The van der Waals surface area contributed by atoms with Crippen LogP contribution in [0.2, 0.25) is 0 Å². The molecule has 1 aliphatic heterocycles. The van der Waals surface area contributed by atoms with Gasteiger partial charge in [0.1, 0.15) is 0 Å². The molecule has 1 saturated heterocycles. The molecular formula is C13H25F3N4O. The molecule has 0 radical (unpaired) electrons. The van der Waals surface area contributed by atoms with Crippen LogP contribution in [0.15, 0.2) is 4.99 Å². The number of nitrogens with one attached hydrogen (secondary N) is 2. The van der Waals surface area contributed by atoms with Gasteiger partial charge >= 0.3 is 6.18 Å². The normalized spacial score (nSPS) is 22.4. The largest absolute Gasteiger partial charge is 0.401 e. The second-order valence-electron chi connectivity index (χ2n) is 5.30. The average molecular weight is 310 g/mol. The van der Waals surface area contributed by atoms with Crippen molar-refractivity contribution in [1.29, 1.82) is 0 Å². The van der Waals surface area contributed by atoms with Gasteiger partial charge in [-0.2, -0.15) is 13.2 Å². The molecule has 1 aliphatic rings. The Morgan fingerprint density at radius 1 is 1.48 bits per heavy atom. The summed E-state index contributed by atoms with van der Waals surface area (Å²) >= 11 is 0. The summed E-state index contributed by atoms with van der Waals surface area (Å²) in [6, 6.07) is 0.0698. The van der Waals surface area contributed by atoms with Crippen LogP contribution in [-0.2, 0) is 4.74 Å². The first-order valence-corrected chi connectivity index (χ1v) is 7.19. The third kappa shape index (κ3) is 7.52. The molecule has 0 aliphatic carbocycles. The molecule has 0 aromatic rings. The van der Waals surface area contributed by atoms with Crippen molar-refractivity contribution in [2.75, 3.05) is 39.9 Å². The van der Waals surface area contributed by atoms with Gasteiger partial charge < -0.3 is 15.4 Å². The minimum atomic E-state index is -4.14. The van der Waals surface area contributed by atoms with Crippen molar-refractivity contribution in [1.82, 2.24) is 15.5 Å². The molecular weight excluding hydrogens is 285 g/mol. The van der Waals surface area contributed by atoms with Gasteiger partial charge in [0, 0.05) is 38.8 Å². The molecule has 0 bridgehead atoms. The van der Waals surface area contributed by atoms with E-state index in [4.69, 9.17) is 4.74 Å². The molecule has 2 unspecified atom stereocenters. The minimum absolute atomic E-state index is 0.0140. The van der Waals surface area contributed by atoms with Gasteiger partial charge in [-0.05, 0) is 20.3 Å². The second kappa shape index (κ2) is 8.43. The van der Waals surface area contributed by atoms with Gasteiger partial charge in [-0.1, -0.05) is 0 Å². The van der Waals surface area contributed by atoms with Crippen molar-refractivity contribution in [2.24, 2.45) is 4.99 Å². The van der Waals surface area contributed by atoms with E-state index in [9.17, 15) is 13.2 Å². The number of alkyl halides is 3. The van der Waals surface area contributed by atoms with Crippen LogP contribution < -0.4 is 10.6 Å². The van der Waals surface area contributed by atoms with Crippen LogP contribution in [0, 0.1) is 0 Å². The fourth-order valence-electron chi connectivity index (χ4n) is 2.36. The van der Waals surface area contributed by atoms with Crippen LogP contribution in [0.3, 0.4) is 0 Å². The van der Waals surface area contributed by atoms with E-state index in [-0.39, 0.29) is 12.1 Å². The zero-order valence-corrected chi connectivity index (χ0v) is 12.8. The van der Waals surface area contributed by atoms with Gasteiger partial charge in [-0.15, -0.1) is 0 Å². The fourth-order valence-corrected chi connectivity index (χ4v) is 2.36. The monoisotopic (exact) mass is 310 g/mol. The Morgan fingerprint density at radius 2 is 2.19 bits per heavy atom. The number of likely N-dealkylation sites (tertiary alicyclic amines) is 1. The Morgan fingerprint density at radius 3 is 2.76 bits per heavy atom. The maximum Gasteiger partial charge on any atom is 0.401 e. The molecule has 0 aromatic carbocycles. The summed E-state index contributed by atoms with van der Waals surface area (Å²) in [7, 11) is 1.62. The highest BCUT2D eigenvalue weighted by molar-refractivity contribution is 5.80. The number of halogens is 3. The third-order valence-electron chi connectivity index (χ3n) is 3.13. The number of hydrogen-bond acceptors (Lipinski definition) is 3. The summed E-state index contributed by atoms with van der Waals surface area (Å²) in [5.41, 5.74) is 0. The smallest absolute Gasteiger partial charge is 0.383 e. The van der Waals surface area contributed by atoms with E-state index in [1.54, 1.807) is 7.11 Å². The summed E-state index contributed by atoms with van der Waals surface area (Å²) in [5, 5.41) is 6.38. The quantitative estimate of drug-likeness (QED) is 0.572. The second-order valence-corrected chi connectivity index (χ2v) is 5.30. The van der Waals surface area contributed by atoms with E-state index in [1.165, 1.54) is 4.90 Å². The van der Waals surface area contributed by atoms with Gasteiger partial charge in [0.2, 0.25) is 0 Å². The molecule has 1 fully saturated rings. The standard InChI is InChI=1S/C13H25F3N4O/c1-4-17-12(18-10(2)8-21-3)19-11-5-6-20(7-11)9-13(14,15)16/h10-11H,4-9H2,1-3H3,(H2,17,18,19). The van der Waals surface area contributed by atoms with Gasteiger partial charge in [0.15, 0.2) is 5.96 Å². The summed E-state index contributed by atoms with van der Waals surface area (Å²) in [5.74, 6) is 0.626. The van der Waals surface area contributed by atoms with Crippen LogP contribution >= 0.6 is 0 Å². The van der Waals surface area contributed by atoms with Crippen molar-refractivity contribution in [3.05, 3.63) is 0 Å². The van der Waals surface area contributed by atoms with Crippen molar-refractivity contribution >= 4 is 5.96 Å². The molecule has 1 rings (SSSR count). The Hall–Kier alpha value is -1.02. The number of rotatable bonds is 6. The predicted octanol–water partition coefficient (Wildman–Crippen LogP) is 1.21. The number of nitrogens with zero attached hydrogens (tertiary/aromatic N) is 2. The summed E-state index contributed by atoms with van der Waals surface area (Å²) < 4.78 is 42.1. The maximum atomic E-state index is 12.4. The summed E-state index contributed by atoms with van der Waals surface area (Å²) in [6.45, 7) is 4.99. The molecule has 2 atom stereocenters. The number of guanidine groups is 1. The van der Waals surface area contributed by atoms with Gasteiger partial charge in [0.05, 0.1) is 13.2 Å². The molecule has 5 nitrogen and oxygen atoms in total. The lowest BCUT2D eigenvalue weighted by molar-refractivity contribution is -0.143. The molecule has 0 amide bonds. The van der Waals surface area contributed by atoms with Crippen molar-refractivity contribution in [3.63, 3.8) is 0 Å². The summed E-state index contributed by atoms with van der Waals surface area (Å²) in [4.78, 5) is 5.72. The first kappa shape index (κ1) is 18.0. The zero-order valence-electron chi connectivity index (χ0n) is 12.8. The van der Waals surface area contributed by atoms with E-state index < -0.39 is 12.7 Å². The van der Waals surface area contributed by atoms with Crippen LogP contribution in [0.5, 0.6) is 0 Å². The van der Waals surface area contributed by atoms with E-state index in [2.05, 4.69) is 15.6 Å². The highest BCUT2D eigenvalue weighted by atomic mass is 19.4. The lowest BCUT2D eigenvalue weighted by atomic mass is 10.2. The van der Waals surface area contributed by atoms with E-state index in [0.29, 0.717) is 38.6 Å². The van der Waals surface area contributed by atoms with Gasteiger partial charge in [-0.3, -0.25) is 9.89 Å². The Kier molecular flexibility index (Phi) is 7.24. The minimum Gasteiger partial charge on any atom is -0.383 e. The lowest BCUT2D eigenvalue weighted by Gasteiger charge is -2.22. The Bertz CT molecular complexity index is 336. The average Bonchev–Trinajstić information content (AvgIpc) is 2.74.